The van der Waals surface area contributed by atoms with Gasteiger partial charge >= 0.3 is 13.3 Å². The number of hydrogen-bond donors (Lipinski definition) is 1. The van der Waals surface area contributed by atoms with Crippen LogP contribution >= 0.6 is 0 Å². The van der Waals surface area contributed by atoms with Crippen LogP contribution in [-0.2, 0) is 15.5 Å². The van der Waals surface area contributed by atoms with E-state index in [4.69, 9.17) is 9.31 Å². The summed E-state index contributed by atoms with van der Waals surface area (Å²) in [5.74, 6) is 0.339. The molecule has 2 aromatic rings. The van der Waals surface area contributed by atoms with Gasteiger partial charge in [-0.05, 0) is 39.8 Å². The van der Waals surface area contributed by atoms with Gasteiger partial charge in [0.25, 0.3) is 0 Å². The van der Waals surface area contributed by atoms with Crippen LogP contribution in [-0.4, -0.2) is 28.3 Å². The van der Waals surface area contributed by atoms with Gasteiger partial charge in [0.05, 0.1) is 22.4 Å². The average molecular weight is 338 g/mol. The summed E-state index contributed by atoms with van der Waals surface area (Å²) in [6, 6.07) is 5.02. The maximum Gasteiger partial charge on any atom is 0.513 e. The molecule has 1 aliphatic heterocycles. The molecule has 0 radical (unpaired) electrons. The summed E-state index contributed by atoms with van der Waals surface area (Å²) in [5.41, 5.74) is -0.791. The molecule has 1 N–H and O–H groups in total. The van der Waals surface area contributed by atoms with E-state index in [0.29, 0.717) is 17.0 Å². The lowest BCUT2D eigenvalue weighted by molar-refractivity contribution is -0.137. The van der Waals surface area contributed by atoms with Gasteiger partial charge in [-0.3, -0.25) is 0 Å². The van der Waals surface area contributed by atoms with E-state index in [1.807, 2.05) is 27.7 Å². The number of aromatic nitrogens is 2. The van der Waals surface area contributed by atoms with Gasteiger partial charge in [0.2, 0.25) is 0 Å². The standard InChI is InChI=1S/C16H18BF3N2O2/c1-14(2)15(3,4)24-17(23-14)12-9-21-13(22-12)10-6-5-7-11(8-10)16(18,19)20/h5-9H,1-4H3,(H,21,22). The Labute approximate surface area is 138 Å². The molecule has 24 heavy (non-hydrogen) atoms. The second-order valence-corrected chi connectivity index (χ2v) is 6.85. The van der Waals surface area contributed by atoms with Crippen molar-refractivity contribution >= 4 is 12.7 Å². The van der Waals surface area contributed by atoms with Crippen molar-refractivity contribution in [3.63, 3.8) is 0 Å². The number of imidazole rings is 1. The molecule has 1 aromatic carbocycles. The van der Waals surface area contributed by atoms with E-state index < -0.39 is 30.1 Å². The van der Waals surface area contributed by atoms with Crippen LogP contribution in [0.3, 0.4) is 0 Å². The highest BCUT2D eigenvalue weighted by Crippen LogP contribution is 2.36. The fourth-order valence-corrected chi connectivity index (χ4v) is 2.41. The molecule has 4 nitrogen and oxygen atoms in total. The largest absolute Gasteiger partial charge is 0.513 e. The predicted molar refractivity (Wildman–Crippen MR) is 84.7 cm³/mol. The highest BCUT2D eigenvalue weighted by Gasteiger charge is 2.52. The van der Waals surface area contributed by atoms with E-state index >= 15 is 0 Å². The van der Waals surface area contributed by atoms with Crippen molar-refractivity contribution in [2.24, 2.45) is 0 Å². The van der Waals surface area contributed by atoms with Gasteiger partial charge in [-0.1, -0.05) is 12.1 Å². The van der Waals surface area contributed by atoms with Crippen LogP contribution in [0.2, 0.25) is 0 Å². The molecule has 1 saturated heterocycles. The summed E-state index contributed by atoms with van der Waals surface area (Å²) in [4.78, 5) is 7.16. The molecule has 1 fully saturated rings. The lowest BCUT2D eigenvalue weighted by Gasteiger charge is -2.32. The second kappa shape index (κ2) is 5.36. The Morgan fingerprint density at radius 2 is 1.71 bits per heavy atom. The smallest absolute Gasteiger partial charge is 0.398 e. The monoisotopic (exact) mass is 338 g/mol. The SMILES string of the molecule is CC1(C)OB(c2cnc(-c3cccc(C(F)(F)F)c3)[nH]2)OC1(C)C. The van der Waals surface area contributed by atoms with Crippen LogP contribution in [0.15, 0.2) is 30.5 Å². The molecule has 0 aliphatic carbocycles. The zero-order chi connectivity index (χ0) is 17.8. The predicted octanol–water partition coefficient (Wildman–Crippen LogP) is 3.39. The molecule has 1 aliphatic rings. The summed E-state index contributed by atoms with van der Waals surface area (Å²) in [7, 11) is -0.637. The molecule has 8 heteroatoms. The number of alkyl halides is 3. The first-order valence-electron chi connectivity index (χ1n) is 7.58. The minimum absolute atomic E-state index is 0.339. The van der Waals surface area contributed by atoms with Crippen LogP contribution in [0.1, 0.15) is 33.3 Å². The highest BCUT2D eigenvalue weighted by atomic mass is 19.4. The lowest BCUT2D eigenvalue weighted by atomic mass is 9.86. The Morgan fingerprint density at radius 1 is 1.08 bits per heavy atom. The third kappa shape index (κ3) is 2.96. The van der Waals surface area contributed by atoms with E-state index in [0.717, 1.165) is 12.1 Å². The van der Waals surface area contributed by atoms with Crippen molar-refractivity contribution in [3.8, 4) is 11.4 Å². The van der Waals surface area contributed by atoms with Gasteiger partial charge in [0.1, 0.15) is 5.82 Å². The molecule has 0 saturated carbocycles. The molecule has 0 spiro atoms. The molecule has 0 bridgehead atoms. The maximum absolute atomic E-state index is 12.8. The molecule has 128 valence electrons. The molecule has 2 heterocycles. The van der Waals surface area contributed by atoms with Crippen molar-refractivity contribution in [2.75, 3.05) is 0 Å². The maximum atomic E-state index is 12.8. The Kier molecular flexibility index (Phi) is 3.80. The molecule has 0 atom stereocenters. The van der Waals surface area contributed by atoms with Crippen molar-refractivity contribution in [3.05, 3.63) is 36.0 Å². The Hall–Kier alpha value is -1.80. The summed E-state index contributed by atoms with van der Waals surface area (Å²) in [6.07, 6.45) is -2.87. The van der Waals surface area contributed by atoms with Crippen LogP contribution in [0, 0.1) is 0 Å². The molecule has 0 unspecified atom stereocenters. The Morgan fingerprint density at radius 3 is 2.29 bits per heavy atom. The molecule has 1 aromatic heterocycles. The number of nitrogens with one attached hydrogen (secondary N) is 1. The first-order valence-corrected chi connectivity index (χ1v) is 7.58. The zero-order valence-corrected chi connectivity index (χ0v) is 13.9. The number of H-pyrrole nitrogens is 1. The molecule has 3 rings (SSSR count). The van der Waals surface area contributed by atoms with Crippen molar-refractivity contribution < 1.29 is 22.5 Å². The van der Waals surface area contributed by atoms with Crippen LogP contribution in [0.4, 0.5) is 13.2 Å². The third-order valence-corrected chi connectivity index (χ3v) is 4.57. The van der Waals surface area contributed by atoms with E-state index in [9.17, 15) is 13.2 Å². The first kappa shape index (κ1) is 17.0. The highest BCUT2D eigenvalue weighted by molar-refractivity contribution is 6.61. The fraction of sp³-hybridized carbons (Fsp3) is 0.438. The lowest BCUT2D eigenvalue weighted by Crippen LogP contribution is -2.41. The fourth-order valence-electron chi connectivity index (χ4n) is 2.41. The van der Waals surface area contributed by atoms with Gasteiger partial charge in [0.15, 0.2) is 0 Å². The summed E-state index contributed by atoms with van der Waals surface area (Å²) < 4.78 is 50.3. The minimum atomic E-state index is -4.39. The van der Waals surface area contributed by atoms with Crippen LogP contribution in [0.5, 0.6) is 0 Å². The van der Waals surface area contributed by atoms with Gasteiger partial charge in [-0.15, -0.1) is 0 Å². The van der Waals surface area contributed by atoms with Gasteiger partial charge in [-0.2, -0.15) is 13.2 Å². The van der Waals surface area contributed by atoms with E-state index in [-0.39, 0.29) is 0 Å². The van der Waals surface area contributed by atoms with Gasteiger partial charge in [0, 0.05) is 11.8 Å². The quantitative estimate of drug-likeness (QED) is 0.854. The van der Waals surface area contributed by atoms with Crippen molar-refractivity contribution in [2.45, 2.75) is 45.1 Å². The topological polar surface area (TPSA) is 47.1 Å². The van der Waals surface area contributed by atoms with Crippen molar-refractivity contribution in [1.82, 2.24) is 9.97 Å². The molecular weight excluding hydrogens is 320 g/mol. The van der Waals surface area contributed by atoms with Crippen LogP contribution in [0.25, 0.3) is 11.4 Å². The van der Waals surface area contributed by atoms with Gasteiger partial charge < -0.3 is 14.3 Å². The Bertz CT molecular complexity index is 740. The number of aromatic amines is 1. The van der Waals surface area contributed by atoms with Crippen molar-refractivity contribution in [1.29, 1.82) is 0 Å². The number of halogens is 3. The Balaban J connectivity index is 1.87. The molecule has 0 amide bonds. The summed E-state index contributed by atoms with van der Waals surface area (Å²) >= 11 is 0. The second-order valence-electron chi connectivity index (χ2n) is 6.85. The normalized spacial score (nSPS) is 19.7. The van der Waals surface area contributed by atoms with E-state index in [2.05, 4.69) is 9.97 Å². The third-order valence-electron chi connectivity index (χ3n) is 4.57. The average Bonchev–Trinajstić information content (AvgIpc) is 3.02. The number of nitrogens with zero attached hydrogens (tertiary/aromatic N) is 1. The zero-order valence-electron chi connectivity index (χ0n) is 13.9. The first-order chi connectivity index (χ1) is 11.0. The number of rotatable bonds is 2. The summed E-state index contributed by atoms with van der Waals surface area (Å²) in [5, 5.41) is 0. The molecular formula is C16H18BF3N2O2. The van der Waals surface area contributed by atoms with E-state index in [1.165, 1.54) is 12.3 Å². The number of benzene rings is 1. The number of hydrogen-bond acceptors (Lipinski definition) is 3. The van der Waals surface area contributed by atoms with E-state index in [1.54, 1.807) is 6.07 Å². The van der Waals surface area contributed by atoms with Crippen LogP contribution < -0.4 is 5.59 Å². The summed E-state index contributed by atoms with van der Waals surface area (Å²) in [6.45, 7) is 7.71. The minimum Gasteiger partial charge on any atom is -0.398 e. The van der Waals surface area contributed by atoms with Gasteiger partial charge in [-0.25, -0.2) is 4.98 Å².